The van der Waals surface area contributed by atoms with E-state index in [2.05, 4.69) is 0 Å². The second-order valence-corrected chi connectivity index (χ2v) is 10.4. The van der Waals surface area contributed by atoms with Crippen LogP contribution in [-0.2, 0) is 23.4 Å². The molecule has 41 heavy (non-hydrogen) atoms. The standard InChI is InChI=1S/C33H22F2N2O4/c1-19-10-15-27-23(16-19)29(38)28-30(41-27)31(39)37(17-20-11-13-22(34)14-12-20)33(28)24-7-3-5-9-26(24)36(32(33)40)18-21-6-2-4-8-25(21)35/h2-16H,17-18H2,1H3. The third-order valence-corrected chi connectivity index (χ3v) is 7.93. The maximum Gasteiger partial charge on any atom is 0.291 e. The van der Waals surface area contributed by atoms with Crippen LogP contribution in [0.15, 0.2) is 100 Å². The van der Waals surface area contributed by atoms with Gasteiger partial charge in [0, 0.05) is 17.7 Å². The summed E-state index contributed by atoms with van der Waals surface area (Å²) in [5.74, 6) is -2.36. The largest absolute Gasteiger partial charge is 0.450 e. The van der Waals surface area contributed by atoms with Crippen LogP contribution in [0.1, 0.15) is 38.4 Å². The predicted octanol–water partition coefficient (Wildman–Crippen LogP) is 5.83. The minimum absolute atomic E-state index is 0.0730. The molecule has 2 aliphatic rings. The Hall–Kier alpha value is -5.11. The average molecular weight is 549 g/mol. The van der Waals surface area contributed by atoms with E-state index in [1.165, 1.54) is 40.1 Å². The molecule has 0 saturated carbocycles. The molecule has 1 aromatic heterocycles. The van der Waals surface area contributed by atoms with Crippen LogP contribution in [0.3, 0.4) is 0 Å². The normalized spacial score (nSPS) is 17.5. The second kappa shape index (κ2) is 8.96. The van der Waals surface area contributed by atoms with Crippen LogP contribution >= 0.6 is 0 Å². The first-order valence-electron chi connectivity index (χ1n) is 13.1. The SMILES string of the molecule is Cc1ccc2oc3c(c(=O)c2c1)C1(C(=O)N(Cc2ccccc2F)c2ccccc21)N(Cc1ccc(F)cc1)C3=O. The highest BCUT2D eigenvalue weighted by atomic mass is 19.1. The number of halogens is 2. The van der Waals surface area contributed by atoms with Gasteiger partial charge in [-0.3, -0.25) is 14.4 Å². The smallest absolute Gasteiger partial charge is 0.291 e. The maximum absolute atomic E-state index is 14.8. The van der Waals surface area contributed by atoms with Gasteiger partial charge < -0.3 is 14.2 Å². The molecule has 5 aromatic rings. The fraction of sp³-hybridized carbons (Fsp3) is 0.121. The molecule has 202 valence electrons. The van der Waals surface area contributed by atoms with Gasteiger partial charge in [-0.2, -0.15) is 0 Å². The predicted molar refractivity (Wildman–Crippen MR) is 148 cm³/mol. The average Bonchev–Trinajstić information content (AvgIpc) is 3.36. The Bertz CT molecular complexity index is 1970. The molecular formula is C33H22F2N2O4. The molecule has 1 unspecified atom stereocenters. The fourth-order valence-electron chi connectivity index (χ4n) is 6.05. The first-order valence-corrected chi connectivity index (χ1v) is 13.1. The van der Waals surface area contributed by atoms with E-state index in [1.54, 1.807) is 60.7 Å². The van der Waals surface area contributed by atoms with Gasteiger partial charge in [0.2, 0.25) is 5.76 Å². The summed E-state index contributed by atoms with van der Waals surface area (Å²) in [4.78, 5) is 46.0. The van der Waals surface area contributed by atoms with Crippen LogP contribution in [0.2, 0.25) is 0 Å². The van der Waals surface area contributed by atoms with Crippen molar-refractivity contribution in [2.45, 2.75) is 25.6 Å². The topological polar surface area (TPSA) is 70.8 Å². The molecule has 8 heteroatoms. The number of fused-ring (bicyclic) bond motifs is 5. The lowest BCUT2D eigenvalue weighted by atomic mass is 9.83. The number of amides is 2. The van der Waals surface area contributed by atoms with Gasteiger partial charge in [-0.15, -0.1) is 0 Å². The molecule has 2 aliphatic heterocycles. The molecule has 3 heterocycles. The van der Waals surface area contributed by atoms with Crippen molar-refractivity contribution in [2.24, 2.45) is 0 Å². The zero-order valence-electron chi connectivity index (χ0n) is 21.9. The van der Waals surface area contributed by atoms with Crippen molar-refractivity contribution in [1.29, 1.82) is 0 Å². The fourth-order valence-corrected chi connectivity index (χ4v) is 6.05. The molecular weight excluding hydrogens is 526 g/mol. The highest BCUT2D eigenvalue weighted by Gasteiger charge is 2.65. The monoisotopic (exact) mass is 548 g/mol. The van der Waals surface area contributed by atoms with E-state index in [4.69, 9.17) is 4.42 Å². The Morgan fingerprint density at radius 2 is 1.56 bits per heavy atom. The molecule has 1 spiro atoms. The van der Waals surface area contributed by atoms with E-state index in [-0.39, 0.29) is 40.9 Å². The number of rotatable bonds is 4. The molecule has 0 fully saturated rings. The Kier molecular flexibility index (Phi) is 5.44. The number of nitrogens with zero attached hydrogens (tertiary/aromatic N) is 2. The molecule has 6 nitrogen and oxygen atoms in total. The second-order valence-electron chi connectivity index (χ2n) is 10.4. The van der Waals surface area contributed by atoms with Crippen LogP contribution in [-0.4, -0.2) is 16.7 Å². The van der Waals surface area contributed by atoms with Crippen LogP contribution in [0.25, 0.3) is 11.0 Å². The van der Waals surface area contributed by atoms with E-state index in [9.17, 15) is 23.2 Å². The van der Waals surface area contributed by atoms with Crippen molar-refractivity contribution in [3.05, 3.63) is 146 Å². The van der Waals surface area contributed by atoms with Crippen molar-refractivity contribution in [1.82, 2.24) is 4.90 Å². The van der Waals surface area contributed by atoms with Crippen LogP contribution in [0.5, 0.6) is 0 Å². The van der Waals surface area contributed by atoms with Crippen molar-refractivity contribution in [3.63, 3.8) is 0 Å². The lowest BCUT2D eigenvalue weighted by molar-refractivity contribution is -0.126. The summed E-state index contributed by atoms with van der Waals surface area (Å²) in [6, 6.07) is 23.7. The summed E-state index contributed by atoms with van der Waals surface area (Å²) in [6.07, 6.45) is 0. The first-order chi connectivity index (χ1) is 19.8. The van der Waals surface area contributed by atoms with Gasteiger partial charge in [0.15, 0.2) is 11.0 Å². The summed E-state index contributed by atoms with van der Waals surface area (Å²) in [6.45, 7) is 1.61. The lowest BCUT2D eigenvalue weighted by Gasteiger charge is -2.34. The number of hydrogen-bond acceptors (Lipinski definition) is 4. The number of carbonyl (C=O) groups excluding carboxylic acids is 2. The Morgan fingerprint density at radius 3 is 2.34 bits per heavy atom. The zero-order chi connectivity index (χ0) is 28.5. The van der Waals surface area contributed by atoms with E-state index < -0.39 is 34.4 Å². The molecule has 0 bridgehead atoms. The minimum Gasteiger partial charge on any atom is -0.450 e. The van der Waals surface area contributed by atoms with Crippen LogP contribution in [0.4, 0.5) is 14.5 Å². The van der Waals surface area contributed by atoms with Gasteiger partial charge in [0.05, 0.1) is 23.2 Å². The summed E-state index contributed by atoms with van der Waals surface area (Å²) >= 11 is 0. The lowest BCUT2D eigenvalue weighted by Crippen LogP contribution is -2.53. The summed E-state index contributed by atoms with van der Waals surface area (Å²) in [5.41, 5.74) is 0.303. The van der Waals surface area contributed by atoms with Gasteiger partial charge in [0.25, 0.3) is 11.8 Å². The number of hydrogen-bond donors (Lipinski definition) is 0. The molecule has 4 aromatic carbocycles. The summed E-state index contributed by atoms with van der Waals surface area (Å²) < 4.78 is 34.6. The molecule has 2 amide bonds. The molecule has 0 aliphatic carbocycles. The van der Waals surface area contributed by atoms with E-state index in [0.717, 1.165) is 5.56 Å². The molecule has 0 saturated heterocycles. The number of anilines is 1. The Balaban J connectivity index is 1.52. The zero-order valence-corrected chi connectivity index (χ0v) is 21.9. The van der Waals surface area contributed by atoms with Crippen molar-refractivity contribution >= 4 is 28.5 Å². The van der Waals surface area contributed by atoms with Gasteiger partial charge >= 0.3 is 0 Å². The van der Waals surface area contributed by atoms with Gasteiger partial charge in [-0.05, 0) is 48.9 Å². The highest BCUT2D eigenvalue weighted by molar-refractivity contribution is 6.17. The molecule has 7 rings (SSSR count). The van der Waals surface area contributed by atoms with Gasteiger partial charge in [-0.1, -0.05) is 60.2 Å². The number of aryl methyl sites for hydroxylation is 1. The first kappa shape index (κ1) is 24.9. The van der Waals surface area contributed by atoms with Crippen LogP contribution in [0, 0.1) is 18.6 Å². The van der Waals surface area contributed by atoms with Gasteiger partial charge in [-0.25, -0.2) is 8.78 Å². The number of carbonyl (C=O) groups is 2. The van der Waals surface area contributed by atoms with Crippen LogP contribution < -0.4 is 10.3 Å². The number of benzene rings is 4. The third-order valence-electron chi connectivity index (χ3n) is 7.93. The van der Waals surface area contributed by atoms with Gasteiger partial charge in [0.1, 0.15) is 17.2 Å². The van der Waals surface area contributed by atoms with Crippen molar-refractivity contribution in [3.8, 4) is 0 Å². The molecule has 0 radical (unpaired) electrons. The quantitative estimate of drug-likeness (QED) is 0.284. The van der Waals surface area contributed by atoms with E-state index in [1.807, 2.05) is 6.92 Å². The Labute approximate surface area is 233 Å². The van der Waals surface area contributed by atoms with E-state index in [0.29, 0.717) is 16.8 Å². The van der Waals surface area contributed by atoms with E-state index >= 15 is 0 Å². The highest BCUT2D eigenvalue weighted by Crippen LogP contribution is 2.53. The summed E-state index contributed by atoms with van der Waals surface area (Å²) in [5, 5.41) is 0.248. The molecule has 1 atom stereocenters. The molecule has 0 N–H and O–H groups in total. The minimum atomic E-state index is -1.87. The summed E-state index contributed by atoms with van der Waals surface area (Å²) in [7, 11) is 0. The van der Waals surface area contributed by atoms with Crippen molar-refractivity contribution < 1.29 is 22.8 Å². The maximum atomic E-state index is 14.8. The Morgan fingerprint density at radius 1 is 0.829 bits per heavy atom. The van der Waals surface area contributed by atoms with Crippen molar-refractivity contribution in [2.75, 3.05) is 4.90 Å². The number of para-hydroxylation sites is 1. The third kappa shape index (κ3) is 3.50.